The molecule has 0 radical (unpaired) electrons. The van der Waals surface area contributed by atoms with Crippen molar-refractivity contribution in [3.05, 3.63) is 0 Å². The third kappa shape index (κ3) is 3.89. The maximum Gasteiger partial charge on any atom is 0.320 e. The first-order chi connectivity index (χ1) is 8.60. The molecular formula is C13H24N2O3. The van der Waals surface area contributed by atoms with Crippen LogP contribution in [-0.2, 0) is 4.79 Å². The van der Waals surface area contributed by atoms with Gasteiger partial charge in [0.2, 0.25) is 0 Å². The Kier molecular flexibility index (Phi) is 5.95. The van der Waals surface area contributed by atoms with E-state index in [-0.39, 0.29) is 6.03 Å². The van der Waals surface area contributed by atoms with Crippen molar-refractivity contribution in [2.45, 2.75) is 39.5 Å². The van der Waals surface area contributed by atoms with Crippen molar-refractivity contribution < 1.29 is 14.7 Å². The molecule has 1 fully saturated rings. The molecule has 1 N–H and O–H groups in total. The Morgan fingerprint density at radius 3 is 2.39 bits per heavy atom. The zero-order chi connectivity index (χ0) is 13.5. The van der Waals surface area contributed by atoms with Gasteiger partial charge in [0.15, 0.2) is 0 Å². The van der Waals surface area contributed by atoms with E-state index in [9.17, 15) is 9.59 Å². The highest BCUT2D eigenvalue weighted by Crippen LogP contribution is 2.18. The normalized spacial score (nSPS) is 19.7. The van der Waals surface area contributed by atoms with Crippen molar-refractivity contribution in [1.29, 1.82) is 0 Å². The topological polar surface area (TPSA) is 60.9 Å². The maximum absolute atomic E-state index is 12.3. The lowest BCUT2D eigenvalue weighted by Crippen LogP contribution is -2.49. The van der Waals surface area contributed by atoms with Crippen molar-refractivity contribution in [3.63, 3.8) is 0 Å². The number of hydrogen-bond acceptors (Lipinski definition) is 2. The second-order valence-corrected chi connectivity index (χ2v) is 4.89. The van der Waals surface area contributed by atoms with Gasteiger partial charge >= 0.3 is 12.0 Å². The average Bonchev–Trinajstić information content (AvgIpc) is 2.38. The molecule has 104 valence electrons. The highest BCUT2D eigenvalue weighted by Gasteiger charge is 2.29. The number of urea groups is 1. The lowest BCUT2D eigenvalue weighted by atomic mass is 9.98. The third-order valence-electron chi connectivity index (χ3n) is 3.30. The molecule has 0 aromatic carbocycles. The number of hydrogen-bond donors (Lipinski definition) is 1. The summed E-state index contributed by atoms with van der Waals surface area (Å²) in [5.41, 5.74) is 0. The predicted molar refractivity (Wildman–Crippen MR) is 69.5 cm³/mol. The van der Waals surface area contributed by atoms with Gasteiger partial charge in [-0.1, -0.05) is 13.8 Å². The highest BCUT2D eigenvalue weighted by molar-refractivity contribution is 5.76. The van der Waals surface area contributed by atoms with Crippen molar-refractivity contribution >= 4 is 12.0 Å². The molecule has 1 saturated heterocycles. The summed E-state index contributed by atoms with van der Waals surface area (Å²) >= 11 is 0. The molecule has 0 spiro atoms. The van der Waals surface area contributed by atoms with Crippen LogP contribution in [0.15, 0.2) is 0 Å². The molecule has 0 bridgehead atoms. The van der Waals surface area contributed by atoms with Crippen LogP contribution in [0.3, 0.4) is 0 Å². The van der Waals surface area contributed by atoms with Gasteiger partial charge in [0.05, 0.1) is 5.92 Å². The summed E-state index contributed by atoms with van der Waals surface area (Å²) in [5.74, 6) is -1.18. The molecule has 1 aliphatic rings. The second-order valence-electron chi connectivity index (χ2n) is 4.89. The van der Waals surface area contributed by atoms with Crippen LogP contribution in [0, 0.1) is 5.92 Å². The van der Waals surface area contributed by atoms with Gasteiger partial charge in [-0.25, -0.2) is 4.79 Å². The number of carbonyl (C=O) groups is 2. The molecule has 0 saturated carbocycles. The van der Waals surface area contributed by atoms with Crippen LogP contribution >= 0.6 is 0 Å². The zero-order valence-electron chi connectivity index (χ0n) is 11.4. The van der Waals surface area contributed by atoms with Crippen LogP contribution < -0.4 is 0 Å². The van der Waals surface area contributed by atoms with Gasteiger partial charge in [0.25, 0.3) is 0 Å². The number of aliphatic carboxylic acids is 1. The number of carboxylic acids is 1. The molecular weight excluding hydrogens is 232 g/mol. The molecule has 0 aromatic heterocycles. The van der Waals surface area contributed by atoms with Crippen molar-refractivity contribution in [3.8, 4) is 0 Å². The number of likely N-dealkylation sites (tertiary alicyclic amines) is 1. The molecule has 1 unspecified atom stereocenters. The van der Waals surface area contributed by atoms with Gasteiger partial charge in [-0.2, -0.15) is 0 Å². The molecule has 1 heterocycles. The van der Waals surface area contributed by atoms with Crippen LogP contribution in [0.5, 0.6) is 0 Å². The molecule has 1 aliphatic heterocycles. The van der Waals surface area contributed by atoms with Gasteiger partial charge in [0, 0.05) is 26.2 Å². The van der Waals surface area contributed by atoms with E-state index in [0.29, 0.717) is 19.5 Å². The zero-order valence-corrected chi connectivity index (χ0v) is 11.4. The molecule has 0 aromatic rings. The molecule has 1 rings (SSSR count). The van der Waals surface area contributed by atoms with E-state index in [1.807, 2.05) is 18.7 Å². The lowest BCUT2D eigenvalue weighted by molar-refractivity contribution is -0.143. The highest BCUT2D eigenvalue weighted by atomic mass is 16.4. The molecule has 0 aliphatic carbocycles. The van der Waals surface area contributed by atoms with Gasteiger partial charge in [-0.15, -0.1) is 0 Å². The molecule has 18 heavy (non-hydrogen) atoms. The third-order valence-corrected chi connectivity index (χ3v) is 3.30. The average molecular weight is 256 g/mol. The van der Waals surface area contributed by atoms with Crippen LogP contribution in [0.25, 0.3) is 0 Å². The monoisotopic (exact) mass is 256 g/mol. The predicted octanol–water partition coefficient (Wildman–Crippen LogP) is 2.03. The summed E-state index contributed by atoms with van der Waals surface area (Å²) in [5, 5.41) is 9.03. The largest absolute Gasteiger partial charge is 0.481 e. The van der Waals surface area contributed by atoms with Crippen LogP contribution in [0.2, 0.25) is 0 Å². The maximum atomic E-state index is 12.3. The number of amides is 2. The van der Waals surface area contributed by atoms with Gasteiger partial charge < -0.3 is 14.9 Å². The Morgan fingerprint density at radius 1 is 1.28 bits per heavy atom. The van der Waals surface area contributed by atoms with E-state index in [0.717, 1.165) is 32.4 Å². The summed E-state index contributed by atoms with van der Waals surface area (Å²) in [6, 6.07) is 0.00431. The Morgan fingerprint density at radius 2 is 1.89 bits per heavy atom. The number of carboxylic acid groups (broad SMARTS) is 1. The van der Waals surface area contributed by atoms with Crippen molar-refractivity contribution in [1.82, 2.24) is 9.80 Å². The Labute approximate surface area is 109 Å². The smallest absolute Gasteiger partial charge is 0.320 e. The minimum Gasteiger partial charge on any atom is -0.481 e. The van der Waals surface area contributed by atoms with E-state index in [2.05, 4.69) is 0 Å². The fourth-order valence-electron chi connectivity index (χ4n) is 2.40. The SMILES string of the molecule is CCCN(CCC)C(=O)N1CCCC(C(=O)O)C1. The van der Waals surface area contributed by atoms with Gasteiger partial charge in [-0.3, -0.25) is 4.79 Å². The summed E-state index contributed by atoms with van der Waals surface area (Å²) in [6.45, 7) is 6.64. The lowest BCUT2D eigenvalue weighted by Gasteiger charge is -2.35. The molecule has 2 amide bonds. The van der Waals surface area contributed by atoms with Crippen molar-refractivity contribution in [2.75, 3.05) is 26.2 Å². The Balaban J connectivity index is 2.60. The quantitative estimate of drug-likeness (QED) is 0.818. The first kappa shape index (κ1) is 14.8. The minimum absolute atomic E-state index is 0.00431. The Hall–Kier alpha value is -1.26. The van der Waals surface area contributed by atoms with Gasteiger partial charge in [0.1, 0.15) is 0 Å². The summed E-state index contributed by atoms with van der Waals surface area (Å²) in [7, 11) is 0. The van der Waals surface area contributed by atoms with E-state index < -0.39 is 11.9 Å². The summed E-state index contributed by atoms with van der Waals surface area (Å²) in [4.78, 5) is 26.8. The van der Waals surface area contributed by atoms with E-state index in [1.54, 1.807) is 4.90 Å². The summed E-state index contributed by atoms with van der Waals surface area (Å²) in [6.07, 6.45) is 3.33. The van der Waals surface area contributed by atoms with Crippen LogP contribution in [0.4, 0.5) is 4.79 Å². The number of rotatable bonds is 5. The number of piperidine rings is 1. The van der Waals surface area contributed by atoms with Crippen molar-refractivity contribution in [2.24, 2.45) is 5.92 Å². The van der Waals surface area contributed by atoms with E-state index in [4.69, 9.17) is 5.11 Å². The van der Waals surface area contributed by atoms with Crippen LogP contribution in [-0.4, -0.2) is 53.1 Å². The number of nitrogens with zero attached hydrogens (tertiary/aromatic N) is 2. The number of carbonyl (C=O) groups excluding carboxylic acids is 1. The Bertz CT molecular complexity index is 288. The van der Waals surface area contributed by atoms with E-state index in [1.165, 1.54) is 0 Å². The standard InChI is InChI=1S/C13H24N2O3/c1-3-7-14(8-4-2)13(18)15-9-5-6-11(10-15)12(16)17/h11H,3-10H2,1-2H3,(H,16,17). The van der Waals surface area contributed by atoms with E-state index >= 15 is 0 Å². The first-order valence-electron chi connectivity index (χ1n) is 6.86. The summed E-state index contributed by atoms with van der Waals surface area (Å²) < 4.78 is 0. The fraction of sp³-hybridized carbons (Fsp3) is 0.846. The molecule has 5 heteroatoms. The van der Waals surface area contributed by atoms with Crippen LogP contribution in [0.1, 0.15) is 39.5 Å². The fourth-order valence-corrected chi connectivity index (χ4v) is 2.40. The molecule has 5 nitrogen and oxygen atoms in total. The minimum atomic E-state index is -0.787. The van der Waals surface area contributed by atoms with Gasteiger partial charge in [-0.05, 0) is 25.7 Å². The molecule has 1 atom stereocenters. The first-order valence-corrected chi connectivity index (χ1v) is 6.86. The second kappa shape index (κ2) is 7.24.